The van der Waals surface area contributed by atoms with E-state index >= 15 is 0 Å². The molecule has 2 unspecified atom stereocenters. The van der Waals surface area contributed by atoms with E-state index < -0.39 is 23.5 Å². The van der Waals surface area contributed by atoms with E-state index in [1.54, 1.807) is 0 Å². The molecular formula is C14H17F2NO2. The first-order valence-corrected chi connectivity index (χ1v) is 6.34. The Bertz CT molecular complexity index is 479. The molecule has 0 aliphatic carbocycles. The largest absolute Gasteiger partial charge is 0.481 e. The van der Waals surface area contributed by atoms with Crippen LogP contribution in [0.25, 0.3) is 0 Å². The fraction of sp³-hybridized carbons (Fsp3) is 0.500. The minimum atomic E-state index is -0.823. The zero-order valence-corrected chi connectivity index (χ0v) is 10.8. The molecule has 2 rings (SSSR count). The normalized spacial score (nSPS) is 24.4. The Morgan fingerprint density at radius 2 is 2.16 bits per heavy atom. The summed E-state index contributed by atoms with van der Waals surface area (Å²) < 4.78 is 26.7. The summed E-state index contributed by atoms with van der Waals surface area (Å²) in [5.74, 6) is -1.94. The van der Waals surface area contributed by atoms with E-state index in [1.807, 2.05) is 11.8 Å². The van der Waals surface area contributed by atoms with Crippen molar-refractivity contribution in [3.05, 3.63) is 35.4 Å². The molecule has 0 amide bonds. The quantitative estimate of drug-likeness (QED) is 0.916. The van der Waals surface area contributed by atoms with E-state index in [4.69, 9.17) is 5.11 Å². The number of carbonyl (C=O) groups is 1. The minimum Gasteiger partial charge on any atom is -0.481 e. The van der Waals surface area contributed by atoms with Crippen molar-refractivity contribution in [2.75, 3.05) is 13.1 Å². The van der Waals surface area contributed by atoms with Gasteiger partial charge in [-0.2, -0.15) is 0 Å². The van der Waals surface area contributed by atoms with Gasteiger partial charge in [-0.1, -0.05) is 6.92 Å². The molecular weight excluding hydrogens is 252 g/mol. The fourth-order valence-corrected chi connectivity index (χ4v) is 2.68. The molecule has 1 saturated heterocycles. The van der Waals surface area contributed by atoms with Gasteiger partial charge >= 0.3 is 5.97 Å². The summed E-state index contributed by atoms with van der Waals surface area (Å²) in [7, 11) is 0. The van der Waals surface area contributed by atoms with Crippen LogP contribution in [0.1, 0.15) is 18.9 Å². The molecule has 1 fully saturated rings. The molecule has 1 aromatic rings. The lowest BCUT2D eigenvalue weighted by Crippen LogP contribution is -2.42. The number of likely N-dealkylation sites (tertiary alicyclic amines) is 1. The first kappa shape index (κ1) is 13.9. The van der Waals surface area contributed by atoms with Crippen LogP contribution in [0.2, 0.25) is 0 Å². The van der Waals surface area contributed by atoms with Crippen LogP contribution in [0, 0.1) is 23.5 Å². The monoisotopic (exact) mass is 269 g/mol. The molecule has 1 aliphatic rings. The standard InChI is InChI=1S/C14H17F2NO2/c1-9-4-11(14(18)19)8-17(6-9)7-10-5-12(15)2-3-13(10)16/h2-3,5,9,11H,4,6-8H2,1H3,(H,18,19). The molecule has 0 aromatic heterocycles. The summed E-state index contributed by atoms with van der Waals surface area (Å²) in [6.07, 6.45) is 0.636. The molecule has 104 valence electrons. The lowest BCUT2D eigenvalue weighted by molar-refractivity contribution is -0.144. The molecule has 3 nitrogen and oxygen atoms in total. The van der Waals surface area contributed by atoms with Gasteiger partial charge < -0.3 is 5.11 Å². The topological polar surface area (TPSA) is 40.5 Å². The predicted molar refractivity (Wildman–Crippen MR) is 66.5 cm³/mol. The SMILES string of the molecule is CC1CC(C(=O)O)CN(Cc2cc(F)ccc2F)C1. The number of hydrogen-bond donors (Lipinski definition) is 1. The average molecular weight is 269 g/mol. The molecule has 0 radical (unpaired) electrons. The van der Waals surface area contributed by atoms with Gasteiger partial charge in [-0.3, -0.25) is 9.69 Å². The first-order valence-electron chi connectivity index (χ1n) is 6.34. The highest BCUT2D eigenvalue weighted by molar-refractivity contribution is 5.70. The number of halogens is 2. The second kappa shape index (κ2) is 5.65. The molecule has 5 heteroatoms. The lowest BCUT2D eigenvalue weighted by Gasteiger charge is -2.34. The Labute approximate surface area is 110 Å². The van der Waals surface area contributed by atoms with Crippen molar-refractivity contribution < 1.29 is 18.7 Å². The number of rotatable bonds is 3. The van der Waals surface area contributed by atoms with Crippen LogP contribution >= 0.6 is 0 Å². The average Bonchev–Trinajstić information content (AvgIpc) is 2.33. The van der Waals surface area contributed by atoms with Gasteiger partial charge in [0.05, 0.1) is 5.92 Å². The Balaban J connectivity index is 2.09. The molecule has 1 heterocycles. The molecule has 0 spiro atoms. The van der Waals surface area contributed by atoms with Crippen LogP contribution < -0.4 is 0 Å². The zero-order chi connectivity index (χ0) is 14.0. The van der Waals surface area contributed by atoms with Crippen LogP contribution in [0.3, 0.4) is 0 Å². The number of nitrogens with zero attached hydrogens (tertiary/aromatic N) is 1. The number of aliphatic carboxylic acids is 1. The third kappa shape index (κ3) is 3.50. The molecule has 1 aliphatic heterocycles. The molecule has 1 aromatic carbocycles. The van der Waals surface area contributed by atoms with Gasteiger partial charge in [-0.15, -0.1) is 0 Å². The van der Waals surface area contributed by atoms with Gasteiger partial charge in [0.2, 0.25) is 0 Å². The summed E-state index contributed by atoms with van der Waals surface area (Å²) in [5, 5.41) is 9.08. The summed E-state index contributed by atoms with van der Waals surface area (Å²) in [5.41, 5.74) is 0.276. The maximum Gasteiger partial charge on any atom is 0.307 e. The van der Waals surface area contributed by atoms with Crippen molar-refractivity contribution in [1.82, 2.24) is 4.90 Å². The minimum absolute atomic E-state index is 0.242. The number of benzene rings is 1. The van der Waals surface area contributed by atoms with Crippen LogP contribution in [0.4, 0.5) is 8.78 Å². The summed E-state index contributed by atoms with van der Waals surface area (Å²) >= 11 is 0. The highest BCUT2D eigenvalue weighted by atomic mass is 19.1. The first-order chi connectivity index (χ1) is 8.95. The highest BCUT2D eigenvalue weighted by Crippen LogP contribution is 2.24. The number of carboxylic acids is 1. The Morgan fingerprint density at radius 3 is 2.84 bits per heavy atom. The molecule has 0 saturated carbocycles. The van der Waals surface area contributed by atoms with Crippen molar-refractivity contribution in [3.8, 4) is 0 Å². The van der Waals surface area contributed by atoms with Crippen LogP contribution in [0.5, 0.6) is 0 Å². The van der Waals surface area contributed by atoms with Crippen LogP contribution in [-0.4, -0.2) is 29.1 Å². The van der Waals surface area contributed by atoms with E-state index in [2.05, 4.69) is 0 Å². The van der Waals surface area contributed by atoms with Gasteiger partial charge in [-0.05, 0) is 30.5 Å². The maximum absolute atomic E-state index is 13.6. The van der Waals surface area contributed by atoms with Gasteiger partial charge in [0.1, 0.15) is 11.6 Å². The molecule has 2 atom stereocenters. The second-order valence-electron chi connectivity index (χ2n) is 5.31. The molecule has 19 heavy (non-hydrogen) atoms. The third-order valence-corrected chi connectivity index (χ3v) is 3.49. The Kier molecular flexibility index (Phi) is 4.14. The molecule has 0 bridgehead atoms. The van der Waals surface area contributed by atoms with Gasteiger partial charge in [-0.25, -0.2) is 8.78 Å². The summed E-state index contributed by atoms with van der Waals surface area (Å²) in [4.78, 5) is 12.9. The van der Waals surface area contributed by atoms with Crippen molar-refractivity contribution in [3.63, 3.8) is 0 Å². The number of hydrogen-bond acceptors (Lipinski definition) is 2. The number of carboxylic acid groups (broad SMARTS) is 1. The highest BCUT2D eigenvalue weighted by Gasteiger charge is 2.29. The Hall–Kier alpha value is -1.49. The van der Waals surface area contributed by atoms with Crippen molar-refractivity contribution in [2.24, 2.45) is 11.8 Å². The van der Waals surface area contributed by atoms with E-state index in [1.165, 1.54) is 6.07 Å². The fourth-order valence-electron chi connectivity index (χ4n) is 2.68. The smallest absolute Gasteiger partial charge is 0.307 e. The Morgan fingerprint density at radius 1 is 1.42 bits per heavy atom. The number of piperidine rings is 1. The summed E-state index contributed by atoms with van der Waals surface area (Å²) in [6.45, 7) is 3.32. The van der Waals surface area contributed by atoms with E-state index in [9.17, 15) is 13.6 Å². The van der Waals surface area contributed by atoms with Crippen LogP contribution in [0.15, 0.2) is 18.2 Å². The van der Waals surface area contributed by atoms with E-state index in [-0.39, 0.29) is 18.0 Å². The van der Waals surface area contributed by atoms with Gasteiger partial charge in [0.25, 0.3) is 0 Å². The van der Waals surface area contributed by atoms with Crippen molar-refractivity contribution in [2.45, 2.75) is 19.9 Å². The summed E-state index contributed by atoms with van der Waals surface area (Å²) in [6, 6.07) is 3.36. The second-order valence-corrected chi connectivity index (χ2v) is 5.31. The van der Waals surface area contributed by atoms with E-state index in [0.717, 1.165) is 12.1 Å². The van der Waals surface area contributed by atoms with Gasteiger partial charge in [0.15, 0.2) is 0 Å². The third-order valence-electron chi connectivity index (χ3n) is 3.49. The van der Waals surface area contributed by atoms with E-state index in [0.29, 0.717) is 19.5 Å². The van der Waals surface area contributed by atoms with Crippen molar-refractivity contribution in [1.29, 1.82) is 0 Å². The lowest BCUT2D eigenvalue weighted by atomic mass is 9.90. The van der Waals surface area contributed by atoms with Crippen molar-refractivity contribution >= 4 is 5.97 Å². The molecule has 1 N–H and O–H groups in total. The van der Waals surface area contributed by atoms with Gasteiger partial charge in [0, 0.05) is 25.2 Å². The zero-order valence-electron chi connectivity index (χ0n) is 10.8. The maximum atomic E-state index is 13.6. The predicted octanol–water partition coefficient (Wildman–Crippen LogP) is 2.51. The van der Waals surface area contributed by atoms with Crippen LogP contribution in [-0.2, 0) is 11.3 Å².